The smallest absolute Gasteiger partial charge is 0.223 e. The minimum Gasteiger partial charge on any atom is -0.497 e. The molecule has 0 saturated carbocycles. The number of nitrogens with one attached hydrogen (secondary N) is 1. The normalized spacial score (nSPS) is 10.3. The maximum Gasteiger partial charge on any atom is 0.223 e. The van der Waals surface area contributed by atoms with E-state index in [1.165, 1.54) is 11.8 Å². The molecule has 0 amide bonds. The molecule has 0 aliphatic heterocycles. The first-order valence-electron chi connectivity index (χ1n) is 6.31. The highest BCUT2D eigenvalue weighted by Crippen LogP contribution is 2.33. The van der Waals surface area contributed by atoms with Gasteiger partial charge < -0.3 is 10.1 Å². The van der Waals surface area contributed by atoms with Crippen LogP contribution in [0.5, 0.6) is 5.75 Å². The van der Waals surface area contributed by atoms with Crippen molar-refractivity contribution in [3.63, 3.8) is 0 Å². The molecule has 2 rings (SSSR count). The molecular formula is C14H16ClN3OS. The van der Waals surface area contributed by atoms with Gasteiger partial charge in [-0.1, -0.05) is 36.4 Å². The number of nitrogens with zero attached hydrogens (tertiary/aromatic N) is 2. The molecule has 0 aliphatic rings. The topological polar surface area (TPSA) is 47.0 Å². The molecule has 20 heavy (non-hydrogen) atoms. The number of halogens is 1. The third-order valence-electron chi connectivity index (χ3n) is 2.50. The predicted octanol–water partition coefficient (Wildman–Crippen LogP) is 4.11. The number of benzene rings is 1. The lowest BCUT2D eigenvalue weighted by Crippen LogP contribution is -2.04. The molecule has 0 spiro atoms. The number of anilines is 1. The van der Waals surface area contributed by atoms with Gasteiger partial charge in [-0.05, 0) is 24.6 Å². The van der Waals surface area contributed by atoms with Crippen LogP contribution in [0.1, 0.15) is 13.3 Å². The molecule has 0 radical (unpaired) electrons. The van der Waals surface area contributed by atoms with Crippen molar-refractivity contribution < 1.29 is 4.74 Å². The van der Waals surface area contributed by atoms with E-state index in [-0.39, 0.29) is 0 Å². The maximum absolute atomic E-state index is 6.15. The van der Waals surface area contributed by atoms with Crippen molar-refractivity contribution in [2.24, 2.45) is 0 Å². The number of hydrogen-bond donors (Lipinski definition) is 1. The zero-order valence-corrected chi connectivity index (χ0v) is 13.0. The fourth-order valence-corrected chi connectivity index (χ4v) is 2.56. The Bertz CT molecular complexity index is 580. The summed E-state index contributed by atoms with van der Waals surface area (Å²) in [6, 6.07) is 7.78. The van der Waals surface area contributed by atoms with E-state index in [1.54, 1.807) is 13.3 Å². The Morgan fingerprint density at radius 2 is 2.25 bits per heavy atom. The summed E-state index contributed by atoms with van der Waals surface area (Å²) in [7, 11) is 1.65. The van der Waals surface area contributed by atoms with Crippen LogP contribution in [0.25, 0.3) is 0 Å². The fourth-order valence-electron chi connectivity index (χ4n) is 1.52. The Kier molecular flexibility index (Phi) is 5.49. The van der Waals surface area contributed by atoms with Gasteiger partial charge in [0.05, 0.1) is 18.3 Å². The third-order valence-corrected chi connectivity index (χ3v) is 3.88. The summed E-state index contributed by atoms with van der Waals surface area (Å²) < 4.78 is 5.21. The Balaban J connectivity index is 2.18. The number of rotatable bonds is 6. The minimum absolute atomic E-state index is 0.542. The van der Waals surface area contributed by atoms with Crippen LogP contribution in [-0.4, -0.2) is 23.6 Å². The molecular weight excluding hydrogens is 294 g/mol. The van der Waals surface area contributed by atoms with Crippen LogP contribution < -0.4 is 10.1 Å². The first kappa shape index (κ1) is 14.9. The Morgan fingerprint density at radius 1 is 1.40 bits per heavy atom. The standard InChI is InChI=1S/C14H16ClN3OS/c1-3-7-16-14-17-9-12(15)13(18-14)20-11-6-4-5-10(8-11)19-2/h4-6,8-9H,3,7H2,1-2H3,(H,16,17,18). The van der Waals surface area contributed by atoms with Crippen LogP contribution in [0.3, 0.4) is 0 Å². The van der Waals surface area contributed by atoms with Gasteiger partial charge in [0, 0.05) is 11.4 Å². The van der Waals surface area contributed by atoms with Gasteiger partial charge >= 0.3 is 0 Å². The highest BCUT2D eigenvalue weighted by molar-refractivity contribution is 7.99. The molecule has 0 saturated heterocycles. The van der Waals surface area contributed by atoms with E-state index >= 15 is 0 Å². The van der Waals surface area contributed by atoms with Crippen LogP contribution >= 0.6 is 23.4 Å². The van der Waals surface area contributed by atoms with Gasteiger partial charge in [-0.15, -0.1) is 0 Å². The molecule has 1 heterocycles. The number of hydrogen-bond acceptors (Lipinski definition) is 5. The lowest BCUT2D eigenvalue weighted by molar-refractivity contribution is 0.413. The van der Waals surface area contributed by atoms with E-state index in [0.29, 0.717) is 11.0 Å². The molecule has 1 N–H and O–H groups in total. The van der Waals surface area contributed by atoms with Gasteiger partial charge in [0.1, 0.15) is 10.8 Å². The number of aromatic nitrogens is 2. The average Bonchev–Trinajstić information content (AvgIpc) is 2.48. The molecule has 1 aromatic carbocycles. The molecule has 1 aromatic heterocycles. The lowest BCUT2D eigenvalue weighted by atomic mass is 10.3. The van der Waals surface area contributed by atoms with E-state index in [2.05, 4.69) is 22.2 Å². The van der Waals surface area contributed by atoms with Gasteiger partial charge in [-0.3, -0.25) is 0 Å². The monoisotopic (exact) mass is 309 g/mol. The molecule has 4 nitrogen and oxygen atoms in total. The lowest BCUT2D eigenvalue weighted by Gasteiger charge is -2.08. The molecule has 106 valence electrons. The van der Waals surface area contributed by atoms with Crippen molar-refractivity contribution >= 4 is 29.3 Å². The van der Waals surface area contributed by atoms with Crippen LogP contribution in [0.2, 0.25) is 5.02 Å². The van der Waals surface area contributed by atoms with Crippen molar-refractivity contribution in [3.8, 4) is 5.75 Å². The summed E-state index contributed by atoms with van der Waals surface area (Å²) in [5.74, 6) is 1.41. The maximum atomic E-state index is 6.15. The van der Waals surface area contributed by atoms with Gasteiger partial charge in [-0.2, -0.15) is 0 Å². The molecule has 2 aromatic rings. The summed E-state index contributed by atoms with van der Waals surface area (Å²) in [6.07, 6.45) is 2.64. The Morgan fingerprint density at radius 3 is 3.00 bits per heavy atom. The van der Waals surface area contributed by atoms with E-state index in [1.807, 2.05) is 24.3 Å². The quantitative estimate of drug-likeness (QED) is 0.814. The van der Waals surface area contributed by atoms with Crippen LogP contribution in [0, 0.1) is 0 Å². The minimum atomic E-state index is 0.542. The second kappa shape index (κ2) is 7.36. The first-order chi connectivity index (χ1) is 9.72. The van der Waals surface area contributed by atoms with Crippen LogP contribution in [0.4, 0.5) is 5.95 Å². The van der Waals surface area contributed by atoms with Crippen molar-refractivity contribution in [2.75, 3.05) is 19.0 Å². The molecule has 0 aliphatic carbocycles. The average molecular weight is 310 g/mol. The van der Waals surface area contributed by atoms with Crippen molar-refractivity contribution in [1.29, 1.82) is 0 Å². The summed E-state index contributed by atoms with van der Waals surface area (Å²) in [4.78, 5) is 9.61. The van der Waals surface area contributed by atoms with Gasteiger partial charge in [0.25, 0.3) is 0 Å². The number of methoxy groups -OCH3 is 1. The van der Waals surface area contributed by atoms with Crippen LogP contribution in [0.15, 0.2) is 40.4 Å². The Labute approximate surface area is 127 Å². The SMILES string of the molecule is CCCNc1ncc(Cl)c(Sc2cccc(OC)c2)n1. The number of ether oxygens (including phenoxy) is 1. The largest absolute Gasteiger partial charge is 0.497 e. The molecule has 0 fully saturated rings. The van der Waals surface area contributed by atoms with Crippen molar-refractivity contribution in [2.45, 2.75) is 23.3 Å². The van der Waals surface area contributed by atoms with E-state index < -0.39 is 0 Å². The predicted molar refractivity (Wildman–Crippen MR) is 82.9 cm³/mol. The molecule has 0 unspecified atom stereocenters. The van der Waals surface area contributed by atoms with Gasteiger partial charge in [-0.25, -0.2) is 9.97 Å². The molecule has 0 bridgehead atoms. The zero-order chi connectivity index (χ0) is 14.4. The highest BCUT2D eigenvalue weighted by Gasteiger charge is 2.08. The highest BCUT2D eigenvalue weighted by atomic mass is 35.5. The first-order valence-corrected chi connectivity index (χ1v) is 7.50. The summed E-state index contributed by atoms with van der Waals surface area (Å²) >= 11 is 7.64. The van der Waals surface area contributed by atoms with Crippen molar-refractivity contribution in [3.05, 3.63) is 35.5 Å². The molecule has 6 heteroatoms. The van der Waals surface area contributed by atoms with Gasteiger partial charge in [0.2, 0.25) is 5.95 Å². The summed E-state index contributed by atoms with van der Waals surface area (Å²) in [6.45, 7) is 2.93. The zero-order valence-electron chi connectivity index (χ0n) is 11.4. The van der Waals surface area contributed by atoms with E-state index in [9.17, 15) is 0 Å². The van der Waals surface area contributed by atoms with E-state index in [0.717, 1.165) is 28.6 Å². The second-order valence-corrected chi connectivity index (χ2v) is 5.52. The van der Waals surface area contributed by atoms with Crippen molar-refractivity contribution in [1.82, 2.24) is 9.97 Å². The molecule has 0 atom stereocenters. The second-order valence-electron chi connectivity index (χ2n) is 4.05. The third kappa shape index (κ3) is 4.02. The van der Waals surface area contributed by atoms with Crippen LogP contribution in [-0.2, 0) is 0 Å². The fraction of sp³-hybridized carbons (Fsp3) is 0.286. The van der Waals surface area contributed by atoms with E-state index in [4.69, 9.17) is 16.3 Å². The summed E-state index contributed by atoms with van der Waals surface area (Å²) in [5.41, 5.74) is 0. The Hall–Kier alpha value is -1.46. The van der Waals surface area contributed by atoms with Gasteiger partial charge in [0.15, 0.2) is 0 Å². The summed E-state index contributed by atoms with van der Waals surface area (Å²) in [5, 5.41) is 4.42.